The van der Waals surface area contributed by atoms with Crippen LogP contribution in [0, 0.1) is 0 Å². The van der Waals surface area contributed by atoms with E-state index in [-0.39, 0.29) is 5.54 Å². The minimum Gasteiger partial charge on any atom is -0.371 e. The molecule has 0 atom stereocenters. The van der Waals surface area contributed by atoms with Gasteiger partial charge in [0, 0.05) is 37.4 Å². The predicted molar refractivity (Wildman–Crippen MR) is 61.1 cm³/mol. The molecule has 0 aliphatic carbocycles. The Hall–Kier alpha value is -0.540. The highest BCUT2D eigenvalue weighted by molar-refractivity contribution is 5.02. The molecule has 0 aromatic rings. The lowest BCUT2D eigenvalue weighted by atomic mass is 9.98. The molecule has 0 saturated carbocycles. The Morgan fingerprint density at radius 1 is 1.43 bits per heavy atom. The Morgan fingerprint density at radius 3 is 2.50 bits per heavy atom. The summed E-state index contributed by atoms with van der Waals surface area (Å²) in [6.07, 6.45) is 0. The summed E-state index contributed by atoms with van der Waals surface area (Å²) in [4.78, 5) is 4.82. The van der Waals surface area contributed by atoms with Gasteiger partial charge in [-0.15, -0.1) is 0 Å². The summed E-state index contributed by atoms with van der Waals surface area (Å²) in [5, 5.41) is 0. The normalized spacial score (nSPS) is 22.4. The third-order valence-electron chi connectivity index (χ3n) is 3.14. The van der Waals surface area contributed by atoms with Gasteiger partial charge in [0.25, 0.3) is 0 Å². The molecule has 0 aromatic heterocycles. The molecule has 1 heterocycles. The first kappa shape index (κ1) is 11.5. The second-order valence-corrected chi connectivity index (χ2v) is 4.58. The van der Waals surface area contributed by atoms with E-state index < -0.39 is 0 Å². The maximum absolute atomic E-state index is 5.60. The maximum atomic E-state index is 5.60. The Labute approximate surface area is 87.6 Å². The van der Waals surface area contributed by atoms with E-state index >= 15 is 0 Å². The van der Waals surface area contributed by atoms with Crippen LogP contribution < -0.4 is 5.73 Å². The van der Waals surface area contributed by atoms with Gasteiger partial charge < -0.3 is 10.6 Å². The molecule has 1 aliphatic heterocycles. The van der Waals surface area contributed by atoms with Gasteiger partial charge in [-0.1, -0.05) is 13.5 Å². The molecule has 0 aromatic carbocycles. The number of nitrogens with zero attached hydrogens (tertiary/aromatic N) is 2. The third kappa shape index (κ3) is 2.28. The maximum Gasteiger partial charge on any atom is 0.0355 e. The summed E-state index contributed by atoms with van der Waals surface area (Å²) >= 11 is 0. The quantitative estimate of drug-likeness (QED) is 0.729. The molecule has 0 spiro atoms. The minimum atomic E-state index is 0.241. The molecule has 0 bridgehead atoms. The summed E-state index contributed by atoms with van der Waals surface area (Å²) in [5.41, 5.74) is 6.91. The van der Waals surface area contributed by atoms with Crippen LogP contribution in [0.5, 0.6) is 0 Å². The largest absolute Gasteiger partial charge is 0.371 e. The van der Waals surface area contributed by atoms with Crippen molar-refractivity contribution in [3.8, 4) is 0 Å². The fourth-order valence-corrected chi connectivity index (χ4v) is 2.18. The Morgan fingerprint density at radius 2 is 2.07 bits per heavy atom. The van der Waals surface area contributed by atoms with Crippen LogP contribution in [0.15, 0.2) is 12.3 Å². The van der Waals surface area contributed by atoms with Gasteiger partial charge in [0.15, 0.2) is 0 Å². The van der Waals surface area contributed by atoms with Gasteiger partial charge in [0.2, 0.25) is 0 Å². The molecule has 0 radical (unpaired) electrons. The van der Waals surface area contributed by atoms with Gasteiger partial charge in [0.1, 0.15) is 0 Å². The van der Waals surface area contributed by atoms with E-state index in [1.54, 1.807) is 0 Å². The summed E-state index contributed by atoms with van der Waals surface area (Å²) < 4.78 is 0. The zero-order valence-electron chi connectivity index (χ0n) is 9.71. The van der Waals surface area contributed by atoms with Crippen molar-refractivity contribution in [2.75, 3.05) is 32.7 Å². The van der Waals surface area contributed by atoms with Crippen molar-refractivity contribution in [1.82, 2.24) is 9.80 Å². The highest BCUT2D eigenvalue weighted by Crippen LogP contribution is 2.22. The van der Waals surface area contributed by atoms with Gasteiger partial charge in [0.05, 0.1) is 0 Å². The second kappa shape index (κ2) is 4.32. The van der Waals surface area contributed by atoms with Gasteiger partial charge in [-0.05, 0) is 20.4 Å². The summed E-state index contributed by atoms with van der Waals surface area (Å²) in [7, 11) is 0. The van der Waals surface area contributed by atoms with E-state index in [1.165, 1.54) is 0 Å². The van der Waals surface area contributed by atoms with Gasteiger partial charge in [-0.3, -0.25) is 4.90 Å². The lowest BCUT2D eigenvalue weighted by molar-refractivity contribution is 0.0395. The monoisotopic (exact) mass is 197 g/mol. The molecule has 2 N–H and O–H groups in total. The third-order valence-corrected chi connectivity index (χ3v) is 3.14. The molecule has 1 aliphatic rings. The van der Waals surface area contributed by atoms with Crippen LogP contribution in [0.4, 0.5) is 0 Å². The lowest BCUT2D eigenvalue weighted by Crippen LogP contribution is -2.58. The minimum absolute atomic E-state index is 0.241. The lowest BCUT2D eigenvalue weighted by Gasteiger charge is -2.48. The Balaban J connectivity index is 2.62. The number of hydrogen-bond acceptors (Lipinski definition) is 3. The summed E-state index contributed by atoms with van der Waals surface area (Å²) in [6, 6.07) is 0. The van der Waals surface area contributed by atoms with E-state index in [2.05, 4.69) is 37.1 Å². The molecule has 82 valence electrons. The van der Waals surface area contributed by atoms with Gasteiger partial charge >= 0.3 is 0 Å². The van der Waals surface area contributed by atoms with E-state index in [4.69, 9.17) is 5.73 Å². The zero-order valence-corrected chi connectivity index (χ0v) is 9.71. The number of nitrogens with two attached hydrogens (primary N) is 1. The number of piperazine rings is 1. The zero-order chi connectivity index (χ0) is 10.8. The number of rotatable bonds is 3. The fourth-order valence-electron chi connectivity index (χ4n) is 2.18. The molecule has 0 amide bonds. The van der Waals surface area contributed by atoms with Crippen molar-refractivity contribution >= 4 is 0 Å². The molecule has 1 rings (SSSR count). The molecular formula is C11H23N3. The number of hydrogen-bond donors (Lipinski definition) is 1. The van der Waals surface area contributed by atoms with Crippen molar-refractivity contribution in [2.24, 2.45) is 5.73 Å². The average Bonchev–Trinajstić information content (AvgIpc) is 2.15. The molecule has 3 heteroatoms. The second-order valence-electron chi connectivity index (χ2n) is 4.58. The van der Waals surface area contributed by atoms with Crippen LogP contribution in [-0.4, -0.2) is 48.1 Å². The molecule has 3 nitrogen and oxygen atoms in total. The highest BCUT2D eigenvalue weighted by atomic mass is 15.3. The first-order valence-corrected chi connectivity index (χ1v) is 5.39. The standard InChI is InChI=1S/C11H23N3/c1-5-14-7-6-13(10(2)8-12)9-11(14,3)4/h2,5-9,12H2,1,3-4H3. The highest BCUT2D eigenvalue weighted by Gasteiger charge is 2.32. The average molecular weight is 197 g/mol. The first-order valence-electron chi connectivity index (χ1n) is 5.39. The molecular weight excluding hydrogens is 174 g/mol. The van der Waals surface area contributed by atoms with E-state index in [1.807, 2.05) is 0 Å². The molecule has 1 fully saturated rings. The van der Waals surface area contributed by atoms with Gasteiger partial charge in [-0.25, -0.2) is 0 Å². The van der Waals surface area contributed by atoms with Crippen LogP contribution in [0.1, 0.15) is 20.8 Å². The van der Waals surface area contributed by atoms with Gasteiger partial charge in [-0.2, -0.15) is 0 Å². The van der Waals surface area contributed by atoms with Crippen LogP contribution in [0.2, 0.25) is 0 Å². The topological polar surface area (TPSA) is 32.5 Å². The van der Waals surface area contributed by atoms with Crippen molar-refractivity contribution in [1.29, 1.82) is 0 Å². The van der Waals surface area contributed by atoms with Crippen LogP contribution in [0.3, 0.4) is 0 Å². The van der Waals surface area contributed by atoms with Crippen molar-refractivity contribution in [3.63, 3.8) is 0 Å². The summed E-state index contributed by atoms with van der Waals surface area (Å²) in [5.74, 6) is 0. The smallest absolute Gasteiger partial charge is 0.0355 e. The fraction of sp³-hybridized carbons (Fsp3) is 0.818. The molecule has 0 unspecified atom stereocenters. The first-order chi connectivity index (χ1) is 6.51. The van der Waals surface area contributed by atoms with E-state index in [9.17, 15) is 0 Å². The van der Waals surface area contributed by atoms with Crippen molar-refractivity contribution < 1.29 is 0 Å². The SMILES string of the molecule is C=C(CN)N1CCN(CC)C(C)(C)C1. The van der Waals surface area contributed by atoms with E-state index in [0.717, 1.165) is 31.9 Å². The predicted octanol–water partition coefficient (Wildman–Crippen LogP) is 0.875. The van der Waals surface area contributed by atoms with Crippen molar-refractivity contribution in [2.45, 2.75) is 26.3 Å². The Bertz CT molecular complexity index is 211. The van der Waals surface area contributed by atoms with E-state index in [0.29, 0.717) is 6.54 Å². The van der Waals surface area contributed by atoms with Crippen LogP contribution in [-0.2, 0) is 0 Å². The molecule has 14 heavy (non-hydrogen) atoms. The molecule has 1 saturated heterocycles. The summed E-state index contributed by atoms with van der Waals surface area (Å²) in [6.45, 7) is 15.7. The number of likely N-dealkylation sites (N-methyl/N-ethyl adjacent to an activating group) is 1. The van der Waals surface area contributed by atoms with Crippen molar-refractivity contribution in [3.05, 3.63) is 12.3 Å². The Kier molecular flexibility index (Phi) is 3.56. The van der Waals surface area contributed by atoms with Crippen LogP contribution >= 0.6 is 0 Å². The van der Waals surface area contributed by atoms with Crippen LogP contribution in [0.25, 0.3) is 0 Å².